The van der Waals surface area contributed by atoms with E-state index in [1.165, 1.54) is 52.8 Å². The maximum absolute atomic E-state index is 13.6. The summed E-state index contributed by atoms with van der Waals surface area (Å²) in [6.07, 6.45) is -2.46. The number of aliphatic hydroxyl groups is 1. The molecule has 1 amide bonds. The largest absolute Gasteiger partial charge is 0.469 e. The predicted molar refractivity (Wildman–Crippen MR) is 280 cm³/mol. The Morgan fingerprint density at radius 3 is 1.57 bits per heavy atom. The van der Waals surface area contributed by atoms with E-state index in [0.29, 0.717) is 50.5 Å². The number of carbonyl (C=O) groups is 2. The molecule has 0 saturated carbocycles. The zero-order valence-electron chi connectivity index (χ0n) is 42.3. The zero-order valence-corrected chi connectivity index (χ0v) is 44.8. The standard InChI is InChI=1S/C26H36N2O6S.C25H36N3O9PS.H2/c1-19(2)16-28(35(31,32)24-10-8-22(27)9-11-24)17-25(29)21(14-20-6-4-3-5-7-20)15-26(30)34-23-12-13-33-18-23;1-18(2)15-28(39(33,34)22-10-8-20(26)9-11-22)16-24(37-38(30,31)32)23(14-19-6-4-3-5-7-19)27-25(29)36-21-12-13-35-17-21;/h3-11,19,21,23,25,29H,12-18,27H2,1-2H3;3-11,18,21,23-24H,12-17,26H2,1-2H3,(H,27,29)(H2,30,31,32);1H/t21-,23+,25-;21-,23-,24+;/m10./s1. The first kappa shape index (κ1) is 59.9. The molecule has 0 aliphatic carbocycles. The summed E-state index contributed by atoms with van der Waals surface area (Å²) in [5.41, 5.74) is 14.0. The van der Waals surface area contributed by atoms with Gasteiger partial charge in [-0.2, -0.15) is 8.61 Å². The Hall–Kier alpha value is -4.97. The van der Waals surface area contributed by atoms with Gasteiger partial charge in [0.2, 0.25) is 20.0 Å². The van der Waals surface area contributed by atoms with Crippen molar-refractivity contribution in [2.45, 2.75) is 100 Å². The maximum Gasteiger partial charge on any atom is 0.469 e. The number of ether oxygens (including phenoxy) is 4. The first-order valence-corrected chi connectivity index (χ1v) is 28.9. The van der Waals surface area contributed by atoms with Crippen molar-refractivity contribution in [2.75, 3.05) is 64.1 Å². The monoisotopic (exact) mass is 1090 g/mol. The van der Waals surface area contributed by atoms with E-state index in [2.05, 4.69) is 5.32 Å². The third-order valence-electron chi connectivity index (χ3n) is 11.9. The quantitative estimate of drug-likeness (QED) is 0.0266. The number of nitrogens with one attached hydrogen (secondary N) is 1. The van der Waals surface area contributed by atoms with Crippen molar-refractivity contribution < 1.29 is 70.8 Å². The molecule has 2 saturated heterocycles. The Morgan fingerprint density at radius 1 is 0.689 bits per heavy atom. The number of carbonyl (C=O) groups excluding carboxylic acids is 2. The molecule has 0 spiro atoms. The normalized spacial score (nSPS) is 17.9. The van der Waals surface area contributed by atoms with E-state index in [1.54, 1.807) is 30.3 Å². The Morgan fingerprint density at radius 2 is 1.14 bits per heavy atom. The van der Waals surface area contributed by atoms with E-state index in [-0.39, 0.29) is 68.2 Å². The highest BCUT2D eigenvalue weighted by Crippen LogP contribution is 2.39. The smallest absolute Gasteiger partial charge is 0.460 e. The van der Waals surface area contributed by atoms with Gasteiger partial charge in [-0.25, -0.2) is 26.2 Å². The lowest BCUT2D eigenvalue weighted by atomic mass is 9.90. The molecule has 2 aliphatic rings. The minimum absolute atomic E-state index is 0. The lowest BCUT2D eigenvalue weighted by Crippen LogP contribution is -2.52. The van der Waals surface area contributed by atoms with Crippen LogP contribution in [0.4, 0.5) is 16.2 Å². The van der Waals surface area contributed by atoms with E-state index in [1.807, 2.05) is 58.0 Å². The van der Waals surface area contributed by atoms with Crippen molar-refractivity contribution >= 4 is 51.3 Å². The van der Waals surface area contributed by atoms with Crippen LogP contribution in [0.1, 0.15) is 59.5 Å². The average molecular weight is 1090 g/mol. The number of sulfonamides is 2. The molecule has 2 aliphatic heterocycles. The van der Waals surface area contributed by atoms with Crippen LogP contribution in [0.3, 0.4) is 0 Å². The zero-order chi connectivity index (χ0) is 54.1. The van der Waals surface area contributed by atoms with Crippen molar-refractivity contribution in [3.63, 3.8) is 0 Å². The van der Waals surface area contributed by atoms with Crippen LogP contribution in [-0.2, 0) is 65.7 Å². The van der Waals surface area contributed by atoms with Gasteiger partial charge in [0.15, 0.2) is 0 Å². The van der Waals surface area contributed by atoms with Crippen LogP contribution >= 0.6 is 7.82 Å². The topological polar surface area (TPSA) is 297 Å². The number of phosphoric ester groups is 1. The fourth-order valence-electron chi connectivity index (χ4n) is 8.30. The molecule has 0 bridgehead atoms. The second-order valence-corrected chi connectivity index (χ2v) is 24.3. The van der Waals surface area contributed by atoms with Gasteiger partial charge in [0.1, 0.15) is 18.3 Å². The van der Waals surface area contributed by atoms with Gasteiger partial charge in [-0.15, -0.1) is 0 Å². The van der Waals surface area contributed by atoms with Crippen molar-refractivity contribution in [1.82, 2.24) is 13.9 Å². The second kappa shape index (κ2) is 28.2. The lowest BCUT2D eigenvalue weighted by molar-refractivity contribution is -0.151. The summed E-state index contributed by atoms with van der Waals surface area (Å²) in [6.45, 7) is 8.73. The number of nitrogen functional groups attached to an aromatic ring is 2. The number of rotatable bonds is 25. The van der Waals surface area contributed by atoms with Crippen LogP contribution < -0.4 is 16.8 Å². The highest BCUT2D eigenvalue weighted by atomic mass is 32.2. The molecule has 23 heteroatoms. The fraction of sp³-hybridized carbons (Fsp3) is 0.490. The summed E-state index contributed by atoms with van der Waals surface area (Å²) in [5.74, 6) is -1.05. The van der Waals surface area contributed by atoms with E-state index < -0.39 is 76.7 Å². The molecule has 410 valence electrons. The van der Waals surface area contributed by atoms with Gasteiger partial charge < -0.3 is 50.6 Å². The molecule has 2 fully saturated rings. The molecule has 0 unspecified atom stereocenters. The van der Waals surface area contributed by atoms with Crippen LogP contribution in [0.2, 0.25) is 0 Å². The number of phosphoric acid groups is 1. The highest BCUT2D eigenvalue weighted by molar-refractivity contribution is 7.89. The van der Waals surface area contributed by atoms with Gasteiger partial charge in [0.25, 0.3) is 0 Å². The second-order valence-electron chi connectivity index (χ2n) is 19.2. The Bertz CT molecular complexity index is 2630. The van der Waals surface area contributed by atoms with Gasteiger partial charge in [-0.05, 0) is 84.3 Å². The molecular formula is C51H74N5O15PS2. The average Bonchev–Trinajstić information content (AvgIpc) is 4.06. The summed E-state index contributed by atoms with van der Waals surface area (Å²) in [4.78, 5) is 45.1. The van der Waals surface area contributed by atoms with Crippen LogP contribution in [0, 0.1) is 17.8 Å². The minimum atomic E-state index is -5.12. The van der Waals surface area contributed by atoms with E-state index >= 15 is 0 Å². The third kappa shape index (κ3) is 19.6. The molecule has 2 heterocycles. The molecule has 4 aromatic rings. The number of hydrogen-bond donors (Lipinski definition) is 6. The summed E-state index contributed by atoms with van der Waals surface area (Å²) in [6, 6.07) is 29.0. The molecule has 6 rings (SSSR count). The van der Waals surface area contributed by atoms with Crippen LogP contribution in [0.15, 0.2) is 119 Å². The van der Waals surface area contributed by atoms with Gasteiger partial charge in [-0.3, -0.25) is 9.32 Å². The van der Waals surface area contributed by atoms with Crippen LogP contribution in [-0.4, -0.2) is 135 Å². The van der Waals surface area contributed by atoms with Gasteiger partial charge >= 0.3 is 19.9 Å². The fourth-order valence-corrected chi connectivity index (χ4v) is 12.1. The number of nitrogens with two attached hydrogens (primary N) is 2. The van der Waals surface area contributed by atoms with Crippen molar-refractivity contribution in [3.05, 3.63) is 120 Å². The van der Waals surface area contributed by atoms with E-state index in [4.69, 9.17) is 34.9 Å². The Balaban J connectivity index is 0.000000322. The highest BCUT2D eigenvalue weighted by Gasteiger charge is 2.38. The SMILES string of the molecule is CC(C)CN(C[C@@H](O)[C@@H](CC(=O)O[C@H]1CCOC1)Cc1ccccc1)S(=O)(=O)c1ccc(N)cc1.CC(C)CN(C[C@@H](OP(=O)(O)O)[C@H](Cc1ccccc1)NC(=O)O[C@H]1CCOC1)S(=O)(=O)c1ccc(N)cc1.[HH]. The summed E-state index contributed by atoms with van der Waals surface area (Å²) >= 11 is 0. The number of benzene rings is 4. The molecule has 4 aromatic carbocycles. The first-order chi connectivity index (χ1) is 35.0. The molecule has 6 atom stereocenters. The van der Waals surface area contributed by atoms with Crippen molar-refractivity contribution in [3.8, 4) is 0 Å². The number of nitrogens with zero attached hydrogens (tertiary/aromatic N) is 2. The lowest BCUT2D eigenvalue weighted by Gasteiger charge is -2.33. The number of aliphatic hydroxyl groups excluding tert-OH is 1. The summed E-state index contributed by atoms with van der Waals surface area (Å²) in [5, 5.41) is 13.9. The molecule has 0 aromatic heterocycles. The van der Waals surface area contributed by atoms with Crippen LogP contribution in [0.25, 0.3) is 0 Å². The van der Waals surface area contributed by atoms with Gasteiger partial charge in [0, 0.05) is 57.7 Å². The number of anilines is 2. The molecule has 0 radical (unpaired) electrons. The maximum atomic E-state index is 13.6. The summed E-state index contributed by atoms with van der Waals surface area (Å²) in [7, 11) is -13.1. The minimum Gasteiger partial charge on any atom is -0.460 e. The van der Waals surface area contributed by atoms with Gasteiger partial charge in [-0.1, -0.05) is 88.4 Å². The van der Waals surface area contributed by atoms with Gasteiger partial charge in [0.05, 0.1) is 54.8 Å². The Kier molecular flexibility index (Phi) is 22.9. The molecule has 8 N–H and O–H groups in total. The predicted octanol–water partition coefficient (Wildman–Crippen LogP) is 5.62. The van der Waals surface area contributed by atoms with Crippen molar-refractivity contribution in [2.24, 2.45) is 17.8 Å². The van der Waals surface area contributed by atoms with Crippen LogP contribution in [0.5, 0.6) is 0 Å². The molecular weight excluding hydrogens is 1020 g/mol. The Labute approximate surface area is 436 Å². The summed E-state index contributed by atoms with van der Waals surface area (Å²) < 4.78 is 95.1. The number of hydrogen-bond acceptors (Lipinski definition) is 15. The van der Waals surface area contributed by atoms with E-state index in [9.17, 15) is 45.9 Å². The third-order valence-corrected chi connectivity index (χ3v) is 16.2. The first-order valence-electron chi connectivity index (χ1n) is 24.5. The molecule has 20 nitrogen and oxygen atoms in total. The van der Waals surface area contributed by atoms with E-state index in [0.717, 1.165) is 15.4 Å². The number of esters is 1. The molecule has 74 heavy (non-hydrogen) atoms. The number of alkyl carbamates (subject to hydrolysis) is 1. The van der Waals surface area contributed by atoms with Crippen molar-refractivity contribution in [1.29, 1.82) is 0 Å². The number of amides is 1.